The average Bonchev–Trinajstić information content (AvgIpc) is 2.93. The van der Waals surface area contributed by atoms with Crippen LogP contribution in [0.3, 0.4) is 0 Å². The fourth-order valence-corrected chi connectivity index (χ4v) is 8.14. The molecule has 0 spiro atoms. The van der Waals surface area contributed by atoms with E-state index in [2.05, 4.69) is 0 Å². The summed E-state index contributed by atoms with van der Waals surface area (Å²) in [7, 11) is 0. The van der Waals surface area contributed by atoms with E-state index in [1.54, 1.807) is 41.5 Å². The van der Waals surface area contributed by atoms with Gasteiger partial charge in [0.25, 0.3) is 0 Å². The third-order valence-electron chi connectivity index (χ3n) is 6.55. The third-order valence-corrected chi connectivity index (χ3v) is 9.95. The van der Waals surface area contributed by atoms with Crippen LogP contribution in [0.2, 0.25) is 0 Å². The SMILES string of the molecule is CC1=C(C)C2=C3C(=C4C(C)=C(C)S[C@@]4(C)[C@]2(C)S1)C(F)(F)C(F)(F)C3(F)F. The first kappa shape index (κ1) is 19.6. The van der Waals surface area contributed by atoms with Gasteiger partial charge in [-0.15, -0.1) is 23.5 Å². The molecule has 0 nitrogen and oxygen atoms in total. The second-order valence-electron chi connectivity index (χ2n) is 7.86. The number of thioether (sulfide) groups is 2. The topological polar surface area (TPSA) is 0 Å². The quantitative estimate of drug-likeness (QED) is 0.380. The molecule has 27 heavy (non-hydrogen) atoms. The van der Waals surface area contributed by atoms with Crippen LogP contribution in [0.1, 0.15) is 41.5 Å². The van der Waals surface area contributed by atoms with Crippen molar-refractivity contribution in [3.8, 4) is 0 Å². The molecule has 0 aromatic heterocycles. The molecule has 4 aliphatic rings. The van der Waals surface area contributed by atoms with Crippen molar-refractivity contribution in [3.63, 3.8) is 0 Å². The molecule has 0 N–H and O–H groups in total. The van der Waals surface area contributed by atoms with E-state index in [1.807, 2.05) is 0 Å². The second kappa shape index (κ2) is 4.86. The normalized spacial score (nSPS) is 38.7. The Morgan fingerprint density at radius 3 is 1.15 bits per heavy atom. The van der Waals surface area contributed by atoms with Crippen molar-refractivity contribution in [3.05, 3.63) is 43.2 Å². The molecule has 0 unspecified atom stereocenters. The summed E-state index contributed by atoms with van der Waals surface area (Å²) in [6.45, 7) is 9.96. The van der Waals surface area contributed by atoms with Gasteiger partial charge in [0.05, 0.1) is 9.49 Å². The molecule has 8 heteroatoms. The van der Waals surface area contributed by atoms with Crippen LogP contribution in [0.15, 0.2) is 43.2 Å². The maximum absolute atomic E-state index is 14.9. The molecular formula is C19H18F6S2. The van der Waals surface area contributed by atoms with Crippen molar-refractivity contribution in [1.29, 1.82) is 0 Å². The minimum absolute atomic E-state index is 0.0527. The minimum atomic E-state index is -5.47. The number of allylic oxidation sites excluding steroid dienone is 6. The Kier molecular flexibility index (Phi) is 3.52. The van der Waals surface area contributed by atoms with Crippen LogP contribution in [0.25, 0.3) is 0 Å². The summed E-state index contributed by atoms with van der Waals surface area (Å²) >= 11 is 2.61. The number of rotatable bonds is 0. The van der Waals surface area contributed by atoms with Gasteiger partial charge in [-0.1, -0.05) is 0 Å². The van der Waals surface area contributed by atoms with E-state index in [1.165, 1.54) is 23.5 Å². The zero-order chi connectivity index (χ0) is 20.5. The van der Waals surface area contributed by atoms with Crippen molar-refractivity contribution < 1.29 is 26.3 Å². The van der Waals surface area contributed by atoms with Gasteiger partial charge < -0.3 is 0 Å². The second-order valence-corrected chi connectivity index (χ2v) is 11.1. The van der Waals surface area contributed by atoms with Crippen molar-refractivity contribution in [2.45, 2.75) is 68.8 Å². The summed E-state index contributed by atoms with van der Waals surface area (Å²) in [4.78, 5) is 1.39. The molecule has 0 saturated heterocycles. The largest absolute Gasteiger partial charge is 0.380 e. The van der Waals surface area contributed by atoms with Crippen molar-refractivity contribution in [2.75, 3.05) is 0 Å². The molecular weight excluding hydrogens is 406 g/mol. The first-order valence-corrected chi connectivity index (χ1v) is 10.1. The average molecular weight is 424 g/mol. The summed E-state index contributed by atoms with van der Waals surface area (Å²) in [5.74, 6) is -15.4. The Morgan fingerprint density at radius 1 is 0.556 bits per heavy atom. The number of hydrogen-bond acceptors (Lipinski definition) is 2. The fourth-order valence-electron chi connectivity index (χ4n) is 4.85. The molecule has 0 aromatic rings. The lowest BCUT2D eigenvalue weighted by molar-refractivity contribution is -0.258. The van der Waals surface area contributed by atoms with Crippen LogP contribution in [-0.4, -0.2) is 27.3 Å². The zero-order valence-corrected chi connectivity index (χ0v) is 17.2. The van der Waals surface area contributed by atoms with Gasteiger partial charge in [0.15, 0.2) is 0 Å². The smallest absolute Gasteiger partial charge is 0.194 e. The van der Waals surface area contributed by atoms with E-state index in [-0.39, 0.29) is 11.1 Å². The molecule has 0 aromatic carbocycles. The summed E-state index contributed by atoms with van der Waals surface area (Å²) in [5, 5.41) is 0. The molecule has 1 fully saturated rings. The van der Waals surface area contributed by atoms with Crippen LogP contribution >= 0.6 is 23.5 Å². The fraction of sp³-hybridized carbons (Fsp3) is 0.579. The van der Waals surface area contributed by atoms with E-state index in [0.717, 1.165) is 0 Å². The van der Waals surface area contributed by atoms with Gasteiger partial charge in [0, 0.05) is 11.1 Å². The van der Waals surface area contributed by atoms with E-state index < -0.39 is 38.4 Å². The standard InChI is InChI=1S/C19H18F6S2/c1-7-9(3)26-15(5)11(7)13-14(12-8(2)10(4)27-16(12,15)6)18(22,23)19(24,25)17(13,20)21/h1-6H3/t15-,16-/m1/s1. The highest BCUT2D eigenvalue weighted by Gasteiger charge is 2.84. The van der Waals surface area contributed by atoms with Crippen molar-refractivity contribution >= 4 is 23.5 Å². The predicted octanol–water partition coefficient (Wildman–Crippen LogP) is 7.11. The molecule has 0 amide bonds. The van der Waals surface area contributed by atoms with Gasteiger partial charge in [-0.3, -0.25) is 0 Å². The maximum atomic E-state index is 14.9. The molecule has 4 rings (SSSR count). The van der Waals surface area contributed by atoms with Crippen molar-refractivity contribution in [1.82, 2.24) is 0 Å². The number of alkyl halides is 6. The molecule has 2 aliphatic heterocycles. The number of fused-ring (bicyclic) bond motifs is 4. The van der Waals surface area contributed by atoms with Crippen LogP contribution in [0, 0.1) is 0 Å². The Labute approximate surface area is 162 Å². The van der Waals surface area contributed by atoms with Gasteiger partial charge >= 0.3 is 17.8 Å². The van der Waals surface area contributed by atoms with Crippen LogP contribution < -0.4 is 0 Å². The lowest BCUT2D eigenvalue weighted by atomic mass is 9.68. The highest BCUT2D eigenvalue weighted by atomic mass is 32.2. The highest BCUT2D eigenvalue weighted by molar-refractivity contribution is 8.09. The van der Waals surface area contributed by atoms with Gasteiger partial charge in [0.2, 0.25) is 0 Å². The summed E-state index contributed by atoms with van der Waals surface area (Å²) in [6.07, 6.45) is 0. The molecule has 2 atom stereocenters. The summed E-state index contributed by atoms with van der Waals surface area (Å²) in [5.41, 5.74) is -1.64. The molecule has 2 aliphatic carbocycles. The Hall–Kier alpha value is -0.760. The van der Waals surface area contributed by atoms with E-state index in [9.17, 15) is 26.3 Å². The van der Waals surface area contributed by atoms with Crippen LogP contribution in [0.4, 0.5) is 26.3 Å². The monoisotopic (exact) mass is 424 g/mol. The minimum Gasteiger partial charge on any atom is -0.194 e. The van der Waals surface area contributed by atoms with Crippen LogP contribution in [0.5, 0.6) is 0 Å². The van der Waals surface area contributed by atoms with E-state index in [4.69, 9.17) is 0 Å². The molecule has 1 saturated carbocycles. The molecule has 0 radical (unpaired) electrons. The highest BCUT2D eigenvalue weighted by Crippen LogP contribution is 2.75. The van der Waals surface area contributed by atoms with Gasteiger partial charge in [-0.2, -0.15) is 26.3 Å². The Balaban J connectivity index is 2.26. The lowest BCUT2D eigenvalue weighted by Crippen LogP contribution is -2.49. The van der Waals surface area contributed by atoms with Gasteiger partial charge in [0.1, 0.15) is 0 Å². The van der Waals surface area contributed by atoms with Crippen molar-refractivity contribution in [2.24, 2.45) is 0 Å². The first-order valence-electron chi connectivity index (χ1n) is 8.45. The predicted molar refractivity (Wildman–Crippen MR) is 97.6 cm³/mol. The summed E-state index contributed by atoms with van der Waals surface area (Å²) < 4.78 is 86.3. The van der Waals surface area contributed by atoms with E-state index >= 15 is 0 Å². The maximum Gasteiger partial charge on any atom is 0.380 e. The first-order chi connectivity index (χ1) is 12.1. The molecule has 0 bridgehead atoms. The van der Waals surface area contributed by atoms with Gasteiger partial charge in [-0.05, 0) is 73.6 Å². The number of halogens is 6. The molecule has 2 heterocycles. The van der Waals surface area contributed by atoms with E-state index in [0.29, 0.717) is 21.0 Å². The van der Waals surface area contributed by atoms with Gasteiger partial charge in [-0.25, -0.2) is 0 Å². The summed E-state index contributed by atoms with van der Waals surface area (Å²) in [6, 6.07) is 0. The zero-order valence-electron chi connectivity index (χ0n) is 15.6. The number of hydrogen-bond donors (Lipinski definition) is 0. The Morgan fingerprint density at radius 2 is 0.852 bits per heavy atom. The molecule has 148 valence electrons. The Bertz CT molecular complexity index is 862. The third kappa shape index (κ3) is 1.75. The van der Waals surface area contributed by atoms with Crippen LogP contribution in [-0.2, 0) is 0 Å². The lowest BCUT2D eigenvalue weighted by Gasteiger charge is -2.48.